The van der Waals surface area contributed by atoms with Crippen molar-refractivity contribution in [2.45, 2.75) is 16.4 Å². The van der Waals surface area contributed by atoms with Gasteiger partial charge in [0.2, 0.25) is 15.9 Å². The van der Waals surface area contributed by atoms with Crippen LogP contribution in [0.4, 0.5) is 0 Å². The summed E-state index contributed by atoms with van der Waals surface area (Å²) in [6, 6.07) is 11.6. The molecular weight excluding hydrogens is 508 g/mol. The Balaban J connectivity index is 1.61. The summed E-state index contributed by atoms with van der Waals surface area (Å²) in [4.78, 5) is 17.1. The van der Waals surface area contributed by atoms with Crippen molar-refractivity contribution < 1.29 is 27.8 Å². The van der Waals surface area contributed by atoms with Crippen LogP contribution in [0.1, 0.15) is 17.3 Å². The van der Waals surface area contributed by atoms with Crippen LogP contribution in [0.3, 0.4) is 0 Å². The van der Waals surface area contributed by atoms with Crippen LogP contribution in [0, 0.1) is 0 Å². The second-order valence-corrected chi connectivity index (χ2v) is 12.3. The number of hydrogen-bond acceptors (Lipinski definition) is 7. The molecule has 1 fully saturated rings. The van der Waals surface area contributed by atoms with E-state index in [0.717, 1.165) is 22.2 Å². The monoisotopic (exact) mass is 542 g/mol. The number of carbonyl (C=O) groups excluding carboxylic acids is 1. The van der Waals surface area contributed by atoms with Crippen LogP contribution >= 0.6 is 0 Å². The van der Waals surface area contributed by atoms with Crippen molar-refractivity contribution in [3.8, 4) is 11.5 Å². The lowest BCUT2D eigenvalue weighted by Gasteiger charge is -2.55. The Morgan fingerprint density at radius 3 is 2.26 bits per heavy atom. The molecule has 204 valence electrons. The Hall–Kier alpha value is -3.12. The highest BCUT2D eigenvalue weighted by Crippen LogP contribution is 2.50. The molecular formula is C27H34N4O6S. The molecule has 0 aliphatic carbocycles. The number of aromatic nitrogens is 1. The molecule has 1 spiro atoms. The number of ether oxygens (including phenoxy) is 2. The summed E-state index contributed by atoms with van der Waals surface area (Å²) in [6.45, 7) is 0.718. The van der Waals surface area contributed by atoms with E-state index in [4.69, 9.17) is 9.47 Å². The van der Waals surface area contributed by atoms with Crippen molar-refractivity contribution in [1.29, 1.82) is 0 Å². The highest BCUT2D eigenvalue weighted by atomic mass is 32.2. The molecule has 1 atom stereocenters. The number of rotatable bonds is 7. The van der Waals surface area contributed by atoms with Gasteiger partial charge in [0.25, 0.3) is 0 Å². The molecule has 10 nitrogen and oxygen atoms in total. The van der Waals surface area contributed by atoms with Gasteiger partial charge in [-0.15, -0.1) is 0 Å². The molecule has 2 aliphatic heterocycles. The summed E-state index contributed by atoms with van der Waals surface area (Å²) in [5.41, 5.74) is 2.12. The molecule has 1 aromatic heterocycles. The Morgan fingerprint density at radius 2 is 1.68 bits per heavy atom. The van der Waals surface area contributed by atoms with Crippen LogP contribution in [-0.4, -0.2) is 99.2 Å². The van der Waals surface area contributed by atoms with E-state index in [-0.39, 0.29) is 37.0 Å². The van der Waals surface area contributed by atoms with E-state index in [2.05, 4.69) is 0 Å². The van der Waals surface area contributed by atoms with Crippen LogP contribution in [0.15, 0.2) is 47.4 Å². The summed E-state index contributed by atoms with van der Waals surface area (Å²) >= 11 is 0. The number of carbonyl (C=O) groups is 1. The van der Waals surface area contributed by atoms with Crippen molar-refractivity contribution in [2.24, 2.45) is 7.05 Å². The maximum atomic E-state index is 13.5. The first kappa shape index (κ1) is 26.5. The maximum Gasteiger partial charge on any atom is 0.243 e. The minimum atomic E-state index is -3.75. The predicted octanol–water partition coefficient (Wildman–Crippen LogP) is 1.58. The molecule has 1 amide bonds. The van der Waals surface area contributed by atoms with E-state index in [1.54, 1.807) is 41.2 Å². The summed E-state index contributed by atoms with van der Waals surface area (Å²) in [5, 5.41) is 11.5. The molecule has 0 saturated carbocycles. The third-order valence-corrected chi connectivity index (χ3v) is 9.55. The fraction of sp³-hybridized carbons (Fsp3) is 0.444. The van der Waals surface area contributed by atoms with Gasteiger partial charge in [-0.25, -0.2) is 8.42 Å². The lowest BCUT2D eigenvalue weighted by atomic mass is 9.70. The van der Waals surface area contributed by atoms with Gasteiger partial charge in [0.15, 0.2) is 0 Å². The number of aliphatic hydroxyl groups is 1. The molecule has 5 rings (SSSR count). The molecule has 11 heteroatoms. The number of aliphatic hydroxyl groups excluding tert-OH is 1. The second kappa shape index (κ2) is 9.57. The number of likely N-dealkylation sites (N-methyl/N-ethyl adjacent to an activating group) is 1. The third-order valence-electron chi connectivity index (χ3n) is 7.75. The molecule has 0 radical (unpaired) electrons. The van der Waals surface area contributed by atoms with Gasteiger partial charge in [0, 0.05) is 49.2 Å². The molecule has 2 aromatic carbocycles. The van der Waals surface area contributed by atoms with Crippen molar-refractivity contribution in [1.82, 2.24) is 18.7 Å². The first-order valence-corrected chi connectivity index (χ1v) is 13.9. The van der Waals surface area contributed by atoms with Gasteiger partial charge < -0.3 is 28.9 Å². The molecule has 3 aromatic rings. The number of aryl methyl sites for hydroxylation is 1. The predicted molar refractivity (Wildman–Crippen MR) is 143 cm³/mol. The lowest BCUT2D eigenvalue weighted by Crippen LogP contribution is -2.68. The maximum absolute atomic E-state index is 13.5. The van der Waals surface area contributed by atoms with Gasteiger partial charge in [0.05, 0.1) is 43.8 Å². The number of nitrogens with zero attached hydrogens (tertiary/aromatic N) is 4. The number of amides is 1. The number of methoxy groups -OCH3 is 2. The number of benzene rings is 2. The van der Waals surface area contributed by atoms with Crippen LogP contribution in [0.2, 0.25) is 0 Å². The largest absolute Gasteiger partial charge is 0.497 e. The van der Waals surface area contributed by atoms with E-state index < -0.39 is 21.5 Å². The number of hydrogen-bond donors (Lipinski definition) is 1. The van der Waals surface area contributed by atoms with Gasteiger partial charge >= 0.3 is 0 Å². The van der Waals surface area contributed by atoms with E-state index in [9.17, 15) is 18.3 Å². The molecule has 38 heavy (non-hydrogen) atoms. The topological polar surface area (TPSA) is 105 Å². The second-order valence-electron chi connectivity index (χ2n) is 10.4. The normalized spacial score (nSPS) is 19.0. The van der Waals surface area contributed by atoms with Crippen molar-refractivity contribution in [3.05, 3.63) is 53.7 Å². The van der Waals surface area contributed by atoms with Crippen molar-refractivity contribution in [2.75, 3.05) is 61.1 Å². The van der Waals surface area contributed by atoms with Gasteiger partial charge in [-0.3, -0.25) is 4.79 Å². The zero-order chi connectivity index (χ0) is 27.4. The van der Waals surface area contributed by atoms with E-state index in [1.807, 2.05) is 43.9 Å². The minimum absolute atomic E-state index is 0.113. The Kier molecular flexibility index (Phi) is 6.67. The molecule has 1 saturated heterocycles. The summed E-state index contributed by atoms with van der Waals surface area (Å²) in [6.07, 6.45) is 0. The quantitative estimate of drug-likeness (QED) is 0.483. The number of sulfonamides is 1. The summed E-state index contributed by atoms with van der Waals surface area (Å²) in [7, 11) is 4.96. The van der Waals surface area contributed by atoms with Gasteiger partial charge in [0.1, 0.15) is 11.5 Å². The van der Waals surface area contributed by atoms with Gasteiger partial charge in [-0.05, 0) is 56.1 Å². The first-order chi connectivity index (χ1) is 18.1. The SMILES string of the molecule is COc1ccc(S(=O)(=O)N2CC3(CN(C(=O)CN(C)C)[C@H](CO)c4c3c3ccc(OC)cc3n4C)C2)cc1. The van der Waals surface area contributed by atoms with Crippen LogP contribution < -0.4 is 9.47 Å². The zero-order valence-corrected chi connectivity index (χ0v) is 23.2. The van der Waals surface area contributed by atoms with Crippen LogP contribution in [0.25, 0.3) is 10.9 Å². The lowest BCUT2D eigenvalue weighted by molar-refractivity contribution is -0.138. The Morgan fingerprint density at radius 1 is 1.05 bits per heavy atom. The summed E-state index contributed by atoms with van der Waals surface area (Å²) < 4.78 is 41.1. The van der Waals surface area contributed by atoms with E-state index in [1.165, 1.54) is 11.4 Å². The van der Waals surface area contributed by atoms with Crippen LogP contribution in [-0.2, 0) is 27.3 Å². The fourth-order valence-corrected chi connectivity index (χ4v) is 7.55. The average Bonchev–Trinajstić information content (AvgIpc) is 3.18. The standard InChI is InChI=1S/C27H34N4O6S/c1-28(2)13-24(33)31-17-27(15-30(16-27)38(34,35)20-9-6-18(36-4)7-10-20)25-21-11-8-19(37-5)12-22(21)29(3)26(25)23(31)14-32/h6-12,23,32H,13-17H2,1-5H3/t23-/m1/s1. The van der Waals surface area contributed by atoms with E-state index >= 15 is 0 Å². The minimum Gasteiger partial charge on any atom is -0.497 e. The average molecular weight is 543 g/mol. The Bertz CT molecular complexity index is 1480. The van der Waals surface area contributed by atoms with Crippen molar-refractivity contribution >= 4 is 26.8 Å². The smallest absolute Gasteiger partial charge is 0.243 e. The summed E-state index contributed by atoms with van der Waals surface area (Å²) in [5.74, 6) is 1.17. The molecule has 0 unspecified atom stereocenters. The zero-order valence-electron chi connectivity index (χ0n) is 22.3. The first-order valence-electron chi connectivity index (χ1n) is 12.4. The van der Waals surface area contributed by atoms with E-state index in [0.29, 0.717) is 18.0 Å². The van der Waals surface area contributed by atoms with Gasteiger partial charge in [-0.1, -0.05) is 0 Å². The number of fused-ring (bicyclic) bond motifs is 4. The highest BCUT2D eigenvalue weighted by molar-refractivity contribution is 7.89. The van der Waals surface area contributed by atoms with Gasteiger partial charge in [-0.2, -0.15) is 4.31 Å². The molecule has 1 N–H and O–H groups in total. The third kappa shape index (κ3) is 4.05. The fourth-order valence-electron chi connectivity index (χ4n) is 5.94. The van der Waals surface area contributed by atoms with Crippen molar-refractivity contribution in [3.63, 3.8) is 0 Å². The molecule has 0 bridgehead atoms. The highest BCUT2D eigenvalue weighted by Gasteiger charge is 2.57. The van der Waals surface area contributed by atoms with Crippen LogP contribution in [0.5, 0.6) is 11.5 Å². The Labute approximate surface area is 223 Å². The molecule has 2 aliphatic rings. The molecule has 3 heterocycles.